The van der Waals surface area contributed by atoms with Crippen LogP contribution in [0, 0.1) is 12.7 Å². The number of nitrogens with zero attached hydrogens (tertiary/aromatic N) is 4. The smallest absolute Gasteiger partial charge is 0.333 e. The third kappa shape index (κ3) is 4.63. The number of ether oxygens (including phenoxy) is 1. The maximum absolute atomic E-state index is 14.4. The lowest BCUT2D eigenvalue weighted by molar-refractivity contribution is -0.0415. The van der Waals surface area contributed by atoms with Gasteiger partial charge in [-0.05, 0) is 24.6 Å². The van der Waals surface area contributed by atoms with Gasteiger partial charge in [-0.25, -0.2) is 24.2 Å². The van der Waals surface area contributed by atoms with Gasteiger partial charge < -0.3 is 15.6 Å². The van der Waals surface area contributed by atoms with Crippen molar-refractivity contribution in [3.8, 4) is 0 Å². The summed E-state index contributed by atoms with van der Waals surface area (Å²) in [5, 5.41) is 20.3. The van der Waals surface area contributed by atoms with E-state index in [0.717, 1.165) is 17.3 Å². The molecule has 3 atom stereocenters. The maximum Gasteiger partial charge on any atom is 0.333 e. The van der Waals surface area contributed by atoms with Crippen LogP contribution in [0.15, 0.2) is 34.4 Å². The molecule has 1 saturated heterocycles. The zero-order valence-corrected chi connectivity index (χ0v) is 17.8. The molecule has 5 N–H and O–H groups in total. The van der Waals surface area contributed by atoms with Crippen molar-refractivity contribution in [2.75, 3.05) is 12.3 Å². The molecule has 11 nitrogen and oxygen atoms in total. The number of halogens is 1. The van der Waals surface area contributed by atoms with Crippen LogP contribution >= 0.6 is 11.8 Å². The van der Waals surface area contributed by atoms with E-state index in [4.69, 9.17) is 15.6 Å². The molecule has 0 saturated carbocycles. The number of aliphatic hydroxyl groups excluding tert-OH is 1. The normalized spacial score (nSPS) is 21.7. The topological polar surface area (TPSA) is 168 Å². The predicted molar refractivity (Wildman–Crippen MR) is 109 cm³/mol. The van der Waals surface area contributed by atoms with E-state index in [2.05, 4.69) is 19.2 Å². The minimum absolute atomic E-state index is 0.0856. The zero-order chi connectivity index (χ0) is 22.3. The molecular formula is C17H19FN6O5S2. The number of hydrogen-bond donors (Lipinski definition) is 3. The predicted octanol–water partition coefficient (Wildman–Crippen LogP) is 0.876. The highest BCUT2D eigenvalue weighted by molar-refractivity contribution is 7.99. The Kier molecular flexibility index (Phi) is 5.85. The largest absolute Gasteiger partial charge is 0.390 e. The first kappa shape index (κ1) is 21.9. The van der Waals surface area contributed by atoms with Crippen molar-refractivity contribution in [2.24, 2.45) is 5.14 Å². The molecule has 4 rings (SSSR count). The second kappa shape index (κ2) is 8.29. The zero-order valence-electron chi connectivity index (χ0n) is 16.2. The molecule has 1 aromatic carbocycles. The number of nitrogens with two attached hydrogens (primary N) is 2. The fraction of sp³-hybridized carbons (Fsp3) is 0.353. The minimum atomic E-state index is -4.18. The number of aryl methyl sites for hydroxylation is 1. The van der Waals surface area contributed by atoms with Crippen molar-refractivity contribution < 1.29 is 26.8 Å². The molecule has 31 heavy (non-hydrogen) atoms. The van der Waals surface area contributed by atoms with Crippen molar-refractivity contribution in [1.82, 2.24) is 19.7 Å². The van der Waals surface area contributed by atoms with Crippen LogP contribution in [0.5, 0.6) is 0 Å². The second-order valence-electron chi connectivity index (χ2n) is 6.95. The van der Waals surface area contributed by atoms with Crippen LogP contribution in [-0.4, -0.2) is 52.1 Å². The van der Waals surface area contributed by atoms with E-state index >= 15 is 0 Å². The summed E-state index contributed by atoms with van der Waals surface area (Å²) in [5.41, 5.74) is 7.14. The summed E-state index contributed by atoms with van der Waals surface area (Å²) in [5.74, 6) is -0.255. The van der Waals surface area contributed by atoms with E-state index in [1.54, 1.807) is 19.1 Å². The van der Waals surface area contributed by atoms with Crippen molar-refractivity contribution in [1.29, 1.82) is 0 Å². The Morgan fingerprint density at radius 1 is 1.42 bits per heavy atom. The van der Waals surface area contributed by atoms with Gasteiger partial charge in [-0.1, -0.05) is 17.8 Å². The Hall–Kier alpha value is -2.36. The molecular weight excluding hydrogens is 451 g/mol. The van der Waals surface area contributed by atoms with Crippen molar-refractivity contribution >= 4 is 38.9 Å². The van der Waals surface area contributed by atoms with Gasteiger partial charge >= 0.3 is 10.3 Å². The number of aliphatic hydroxyl groups is 1. The third-order valence-corrected chi connectivity index (χ3v) is 6.15. The molecule has 2 aromatic heterocycles. The number of anilines is 1. The van der Waals surface area contributed by atoms with Gasteiger partial charge in [0.25, 0.3) is 0 Å². The number of aromatic nitrogens is 4. The maximum atomic E-state index is 14.4. The number of rotatable bonds is 6. The molecule has 0 spiro atoms. The summed E-state index contributed by atoms with van der Waals surface area (Å²) >= 11 is 1.06. The first-order valence-electron chi connectivity index (χ1n) is 9.06. The lowest BCUT2D eigenvalue weighted by Crippen LogP contribution is -2.30. The number of fused-ring (bicyclic) bond motifs is 1. The molecule has 0 aliphatic carbocycles. The van der Waals surface area contributed by atoms with E-state index in [1.807, 2.05) is 0 Å². The number of nitrogen functional groups attached to an aromatic ring is 1. The summed E-state index contributed by atoms with van der Waals surface area (Å²) in [6, 6.07) is 4.82. The van der Waals surface area contributed by atoms with Crippen LogP contribution in [0.3, 0.4) is 0 Å². The summed E-state index contributed by atoms with van der Waals surface area (Å²) in [6.07, 6.45) is -1.44. The molecule has 0 bridgehead atoms. The average molecular weight is 471 g/mol. The van der Waals surface area contributed by atoms with Crippen molar-refractivity contribution in [2.45, 2.75) is 41.7 Å². The monoisotopic (exact) mass is 470 g/mol. The summed E-state index contributed by atoms with van der Waals surface area (Å²) in [4.78, 5) is 8.54. The Labute approximate surface area is 180 Å². The molecule has 1 aliphatic rings. The van der Waals surface area contributed by atoms with Crippen LogP contribution in [0.1, 0.15) is 18.2 Å². The van der Waals surface area contributed by atoms with Gasteiger partial charge in [-0.2, -0.15) is 13.5 Å². The van der Waals surface area contributed by atoms with E-state index in [0.29, 0.717) is 21.0 Å². The molecule has 3 heterocycles. The first-order chi connectivity index (χ1) is 14.6. The highest BCUT2D eigenvalue weighted by Gasteiger charge is 2.38. The standard InChI is InChI=1S/C17H19FN6O5S2/c1-8-2-3-12(9(18)4-8)30-17-14-15(19)21-7-22-16(14)24(23-17)13-5-10(25)11(29-13)6-28-31(20,26)27/h2-4,7,10-11,13,25H,5-6H2,1H3,(H2,19,21,22)(H2,20,26,27). The Morgan fingerprint density at radius 3 is 2.90 bits per heavy atom. The van der Waals surface area contributed by atoms with Crippen LogP contribution in [0.25, 0.3) is 11.0 Å². The average Bonchev–Trinajstić information content (AvgIpc) is 3.23. The van der Waals surface area contributed by atoms with Crippen molar-refractivity contribution in [3.63, 3.8) is 0 Å². The second-order valence-corrected chi connectivity index (χ2v) is 9.20. The minimum Gasteiger partial charge on any atom is -0.390 e. The summed E-state index contributed by atoms with van der Waals surface area (Å²) in [7, 11) is -4.18. The third-order valence-electron chi connectivity index (χ3n) is 4.65. The first-order valence-corrected chi connectivity index (χ1v) is 11.3. The van der Waals surface area contributed by atoms with E-state index in [9.17, 15) is 17.9 Å². The van der Waals surface area contributed by atoms with E-state index in [-0.39, 0.29) is 12.2 Å². The highest BCUT2D eigenvalue weighted by Crippen LogP contribution is 2.39. The van der Waals surface area contributed by atoms with Crippen LogP contribution in [-0.2, 0) is 19.2 Å². The van der Waals surface area contributed by atoms with Gasteiger partial charge in [0.05, 0.1) is 18.1 Å². The molecule has 1 aliphatic heterocycles. The van der Waals surface area contributed by atoms with E-state index < -0.39 is 41.2 Å². The van der Waals surface area contributed by atoms with Crippen LogP contribution < -0.4 is 10.9 Å². The number of hydrogen-bond acceptors (Lipinski definition) is 10. The SMILES string of the molecule is Cc1ccc(Sc2nn(C3CC(O)C(COS(N)(=O)=O)O3)c3ncnc(N)c23)c(F)c1. The fourth-order valence-electron chi connectivity index (χ4n) is 3.20. The van der Waals surface area contributed by atoms with Crippen molar-refractivity contribution in [3.05, 3.63) is 35.9 Å². The Bertz CT molecular complexity index is 1240. The summed E-state index contributed by atoms with van der Waals surface area (Å²) in [6.45, 7) is 1.33. The van der Waals surface area contributed by atoms with E-state index in [1.165, 1.54) is 17.1 Å². The molecule has 3 aromatic rings. The van der Waals surface area contributed by atoms with Crippen LogP contribution in [0.4, 0.5) is 10.2 Å². The molecule has 166 valence electrons. The molecule has 0 amide bonds. The van der Waals surface area contributed by atoms with Gasteiger partial charge in [0, 0.05) is 11.3 Å². The van der Waals surface area contributed by atoms with Crippen LogP contribution in [0.2, 0.25) is 0 Å². The Morgan fingerprint density at radius 2 is 2.19 bits per heavy atom. The van der Waals surface area contributed by atoms with Gasteiger partial charge in [-0.3, -0.25) is 4.18 Å². The summed E-state index contributed by atoms with van der Waals surface area (Å²) < 4.78 is 48.1. The van der Waals surface area contributed by atoms with Gasteiger partial charge in [-0.15, -0.1) is 0 Å². The van der Waals surface area contributed by atoms with Gasteiger partial charge in [0.15, 0.2) is 11.9 Å². The highest BCUT2D eigenvalue weighted by atomic mass is 32.2. The fourth-order valence-corrected chi connectivity index (χ4v) is 4.46. The molecule has 3 unspecified atom stereocenters. The Balaban J connectivity index is 1.67. The number of benzene rings is 1. The molecule has 0 radical (unpaired) electrons. The molecule has 14 heteroatoms. The van der Waals surface area contributed by atoms with Gasteiger partial charge in [0.2, 0.25) is 0 Å². The van der Waals surface area contributed by atoms with Gasteiger partial charge in [0.1, 0.15) is 29.1 Å². The quantitative estimate of drug-likeness (QED) is 0.470. The lowest BCUT2D eigenvalue weighted by Gasteiger charge is -2.14. The lowest BCUT2D eigenvalue weighted by atomic mass is 10.2. The molecule has 1 fully saturated rings.